The highest BCUT2D eigenvalue weighted by molar-refractivity contribution is 5.71. The molecule has 2 aromatic rings. The fraction of sp³-hybridized carbons (Fsp3) is 0.381. The van der Waals surface area contributed by atoms with E-state index in [-0.39, 0.29) is 11.7 Å². The van der Waals surface area contributed by atoms with Crippen molar-refractivity contribution in [2.24, 2.45) is 11.8 Å². The maximum Gasteiger partial charge on any atom is 0.306 e. The number of carbonyl (C=O) groups is 1. The highest BCUT2D eigenvalue weighted by atomic mass is 19.1. The Morgan fingerprint density at radius 2 is 1.96 bits per heavy atom. The molecule has 1 N–H and O–H groups in total. The molecule has 0 aliphatic heterocycles. The number of benzene rings is 2. The minimum absolute atomic E-state index is 0.195. The number of ether oxygens (including phenoxy) is 1. The molecule has 25 heavy (non-hydrogen) atoms. The Morgan fingerprint density at radius 1 is 1.24 bits per heavy atom. The molecule has 0 spiro atoms. The second-order valence-electron chi connectivity index (χ2n) is 6.91. The zero-order valence-corrected chi connectivity index (χ0v) is 14.3. The van der Waals surface area contributed by atoms with Crippen LogP contribution in [-0.2, 0) is 11.4 Å². The van der Waals surface area contributed by atoms with Gasteiger partial charge in [0.2, 0.25) is 0 Å². The van der Waals surface area contributed by atoms with E-state index in [0.717, 1.165) is 24.8 Å². The summed E-state index contributed by atoms with van der Waals surface area (Å²) in [7, 11) is 0. The summed E-state index contributed by atoms with van der Waals surface area (Å²) >= 11 is 0. The van der Waals surface area contributed by atoms with E-state index in [9.17, 15) is 14.3 Å². The topological polar surface area (TPSA) is 46.5 Å². The SMILES string of the molecule is CC(C(=O)O)[C@H](CC1CC1)c1cc(F)cc(OCc2ccccc2)c1. The van der Waals surface area contributed by atoms with Crippen LogP contribution in [0.25, 0.3) is 0 Å². The zero-order valence-electron chi connectivity index (χ0n) is 14.3. The Balaban J connectivity index is 1.79. The number of halogens is 1. The lowest BCUT2D eigenvalue weighted by Gasteiger charge is -2.22. The molecule has 1 unspecified atom stereocenters. The predicted octanol–water partition coefficient (Wildman–Crippen LogP) is 5.01. The van der Waals surface area contributed by atoms with Crippen LogP contribution in [0.3, 0.4) is 0 Å². The standard InChI is InChI=1S/C21H23FO3/c1-14(21(23)24)20(9-15-7-8-15)17-10-18(22)12-19(11-17)25-13-16-5-3-2-4-6-16/h2-6,10-12,14-15,20H,7-9,13H2,1H3,(H,23,24)/t14?,20-/m0/s1. The summed E-state index contributed by atoms with van der Waals surface area (Å²) in [4.78, 5) is 11.5. The van der Waals surface area contributed by atoms with Crippen LogP contribution >= 0.6 is 0 Å². The molecule has 0 amide bonds. The van der Waals surface area contributed by atoms with Gasteiger partial charge in [0, 0.05) is 6.07 Å². The molecule has 3 nitrogen and oxygen atoms in total. The van der Waals surface area contributed by atoms with Gasteiger partial charge in [-0.15, -0.1) is 0 Å². The normalized spacial score (nSPS) is 16.2. The highest BCUT2D eigenvalue weighted by Gasteiger charge is 2.32. The largest absolute Gasteiger partial charge is 0.489 e. The lowest BCUT2D eigenvalue weighted by molar-refractivity contribution is -0.142. The van der Waals surface area contributed by atoms with Gasteiger partial charge in [-0.25, -0.2) is 4.39 Å². The summed E-state index contributed by atoms with van der Waals surface area (Å²) in [5.74, 6) is -0.981. The molecule has 4 heteroatoms. The average molecular weight is 342 g/mol. The fourth-order valence-electron chi connectivity index (χ4n) is 3.14. The van der Waals surface area contributed by atoms with Crippen molar-refractivity contribution in [3.05, 3.63) is 65.5 Å². The first-order valence-electron chi connectivity index (χ1n) is 8.73. The van der Waals surface area contributed by atoms with Crippen LogP contribution in [0.2, 0.25) is 0 Å². The van der Waals surface area contributed by atoms with Crippen molar-refractivity contribution >= 4 is 5.97 Å². The molecule has 2 aromatic carbocycles. The first-order valence-corrected chi connectivity index (χ1v) is 8.73. The van der Waals surface area contributed by atoms with Gasteiger partial charge in [0.05, 0.1) is 5.92 Å². The van der Waals surface area contributed by atoms with E-state index in [1.165, 1.54) is 12.1 Å². The number of aliphatic carboxylic acids is 1. The number of hydrogen-bond acceptors (Lipinski definition) is 2. The van der Waals surface area contributed by atoms with E-state index in [1.807, 2.05) is 30.3 Å². The van der Waals surface area contributed by atoms with E-state index in [2.05, 4.69) is 0 Å². The lowest BCUT2D eigenvalue weighted by atomic mass is 9.83. The zero-order chi connectivity index (χ0) is 17.8. The third-order valence-electron chi connectivity index (χ3n) is 4.85. The second-order valence-corrected chi connectivity index (χ2v) is 6.91. The van der Waals surface area contributed by atoms with Crippen molar-refractivity contribution in [1.82, 2.24) is 0 Å². The molecule has 3 rings (SSSR count). The molecular formula is C21H23FO3. The van der Waals surface area contributed by atoms with Gasteiger partial charge in [0.15, 0.2) is 0 Å². The van der Waals surface area contributed by atoms with E-state index < -0.39 is 11.9 Å². The van der Waals surface area contributed by atoms with Gasteiger partial charge in [0.1, 0.15) is 18.2 Å². The molecule has 0 heterocycles. The summed E-state index contributed by atoms with van der Waals surface area (Å²) < 4.78 is 19.8. The Morgan fingerprint density at radius 3 is 2.60 bits per heavy atom. The van der Waals surface area contributed by atoms with Gasteiger partial charge in [-0.2, -0.15) is 0 Å². The van der Waals surface area contributed by atoms with Gasteiger partial charge in [-0.05, 0) is 41.5 Å². The Hall–Kier alpha value is -2.36. The van der Waals surface area contributed by atoms with Crippen LogP contribution in [0.5, 0.6) is 5.75 Å². The first kappa shape index (κ1) is 17.5. The van der Waals surface area contributed by atoms with Gasteiger partial charge in [-0.1, -0.05) is 50.1 Å². The third-order valence-corrected chi connectivity index (χ3v) is 4.85. The van der Waals surface area contributed by atoms with Crippen molar-refractivity contribution in [1.29, 1.82) is 0 Å². The lowest BCUT2D eigenvalue weighted by Crippen LogP contribution is -2.20. The second kappa shape index (κ2) is 7.68. The van der Waals surface area contributed by atoms with Gasteiger partial charge in [-0.3, -0.25) is 4.79 Å². The maximum atomic E-state index is 14.1. The summed E-state index contributed by atoms with van der Waals surface area (Å²) in [5, 5.41) is 9.41. The molecule has 0 aromatic heterocycles. The molecule has 0 radical (unpaired) electrons. The molecular weight excluding hydrogens is 319 g/mol. The third kappa shape index (κ3) is 4.81. The summed E-state index contributed by atoms with van der Waals surface area (Å²) in [6.07, 6.45) is 3.06. The molecule has 0 saturated heterocycles. The quantitative estimate of drug-likeness (QED) is 0.733. The number of rotatable bonds is 8. The van der Waals surface area contributed by atoms with Crippen molar-refractivity contribution in [3.8, 4) is 5.75 Å². The Bertz CT molecular complexity index is 725. The van der Waals surface area contributed by atoms with Crippen molar-refractivity contribution in [2.75, 3.05) is 0 Å². The number of carboxylic acids is 1. The predicted molar refractivity (Wildman–Crippen MR) is 94.1 cm³/mol. The molecule has 0 bridgehead atoms. The minimum Gasteiger partial charge on any atom is -0.489 e. The van der Waals surface area contributed by atoms with Crippen molar-refractivity contribution in [3.63, 3.8) is 0 Å². The molecule has 1 fully saturated rings. The van der Waals surface area contributed by atoms with Crippen LogP contribution in [0.4, 0.5) is 4.39 Å². The molecule has 1 aliphatic rings. The van der Waals surface area contributed by atoms with E-state index in [1.54, 1.807) is 13.0 Å². The van der Waals surface area contributed by atoms with Crippen LogP contribution in [0, 0.1) is 17.7 Å². The smallest absolute Gasteiger partial charge is 0.306 e. The van der Waals surface area contributed by atoms with Crippen LogP contribution in [-0.4, -0.2) is 11.1 Å². The Labute approximate surface area is 147 Å². The summed E-state index contributed by atoms with van der Waals surface area (Å²) in [6.45, 7) is 2.05. The van der Waals surface area contributed by atoms with E-state index in [4.69, 9.17) is 4.74 Å². The summed E-state index contributed by atoms with van der Waals surface area (Å²) in [5.41, 5.74) is 1.71. The maximum absolute atomic E-state index is 14.1. The van der Waals surface area contributed by atoms with Crippen molar-refractivity contribution in [2.45, 2.75) is 38.7 Å². The Kier molecular flexibility index (Phi) is 5.37. The first-order chi connectivity index (χ1) is 12.0. The molecule has 1 aliphatic carbocycles. The molecule has 2 atom stereocenters. The monoisotopic (exact) mass is 342 g/mol. The average Bonchev–Trinajstić information content (AvgIpc) is 3.42. The highest BCUT2D eigenvalue weighted by Crippen LogP contribution is 2.42. The van der Waals surface area contributed by atoms with Crippen molar-refractivity contribution < 1.29 is 19.0 Å². The van der Waals surface area contributed by atoms with E-state index in [0.29, 0.717) is 23.8 Å². The van der Waals surface area contributed by atoms with Gasteiger partial charge < -0.3 is 9.84 Å². The number of carboxylic acid groups (broad SMARTS) is 1. The number of hydrogen-bond donors (Lipinski definition) is 1. The minimum atomic E-state index is -0.846. The van der Waals surface area contributed by atoms with E-state index >= 15 is 0 Å². The van der Waals surface area contributed by atoms with Gasteiger partial charge >= 0.3 is 5.97 Å². The molecule has 132 valence electrons. The fourth-order valence-corrected chi connectivity index (χ4v) is 3.14. The van der Waals surface area contributed by atoms with Crippen LogP contribution < -0.4 is 4.74 Å². The van der Waals surface area contributed by atoms with Gasteiger partial charge in [0.25, 0.3) is 0 Å². The van der Waals surface area contributed by atoms with Crippen LogP contribution in [0.1, 0.15) is 43.2 Å². The summed E-state index contributed by atoms with van der Waals surface area (Å²) in [6, 6.07) is 14.3. The van der Waals surface area contributed by atoms with Crippen LogP contribution in [0.15, 0.2) is 48.5 Å². The molecule has 1 saturated carbocycles.